The van der Waals surface area contributed by atoms with Gasteiger partial charge in [0.1, 0.15) is 0 Å². The van der Waals surface area contributed by atoms with Crippen LogP contribution in [0.2, 0.25) is 0 Å². The van der Waals surface area contributed by atoms with Gasteiger partial charge in [0.15, 0.2) is 0 Å². The number of hydrogen-bond acceptors (Lipinski definition) is 3. The summed E-state index contributed by atoms with van der Waals surface area (Å²) in [5.41, 5.74) is 7.00. The van der Waals surface area contributed by atoms with Crippen LogP contribution >= 0.6 is 0 Å². The van der Waals surface area contributed by atoms with Gasteiger partial charge < -0.3 is 5.73 Å². The standard InChI is InChI=1S/C16H26N2O2S/c1-13-5-7-14(8-6-13)9-10-18-21(19,20)12-15-3-2-4-16(17)11-15/h2-4,11,13-14,18H,5-10,12,17H2,1H3. The first-order valence-corrected chi connectivity index (χ1v) is 9.41. The first kappa shape index (κ1) is 16.3. The molecule has 0 saturated heterocycles. The highest BCUT2D eigenvalue weighted by Gasteiger charge is 2.19. The van der Waals surface area contributed by atoms with E-state index in [0.717, 1.165) is 17.9 Å². The normalized spacial score (nSPS) is 23.1. The molecule has 21 heavy (non-hydrogen) atoms. The zero-order chi connectivity index (χ0) is 15.3. The van der Waals surface area contributed by atoms with E-state index >= 15 is 0 Å². The monoisotopic (exact) mass is 310 g/mol. The molecule has 5 heteroatoms. The van der Waals surface area contributed by atoms with E-state index in [4.69, 9.17) is 5.73 Å². The van der Waals surface area contributed by atoms with Gasteiger partial charge in [-0.3, -0.25) is 0 Å². The lowest BCUT2D eigenvalue weighted by Gasteiger charge is -2.26. The topological polar surface area (TPSA) is 72.2 Å². The van der Waals surface area contributed by atoms with Crippen LogP contribution < -0.4 is 10.5 Å². The molecule has 0 bridgehead atoms. The van der Waals surface area contributed by atoms with Crippen molar-refractivity contribution >= 4 is 15.7 Å². The third kappa shape index (κ3) is 5.67. The van der Waals surface area contributed by atoms with Gasteiger partial charge in [-0.05, 0) is 36.0 Å². The lowest BCUT2D eigenvalue weighted by atomic mass is 9.81. The van der Waals surface area contributed by atoms with Crippen molar-refractivity contribution in [3.8, 4) is 0 Å². The predicted octanol–water partition coefficient (Wildman–Crippen LogP) is 2.90. The van der Waals surface area contributed by atoms with Crippen LogP contribution in [0.1, 0.15) is 44.6 Å². The number of nitrogen functional groups attached to an aromatic ring is 1. The lowest BCUT2D eigenvalue weighted by molar-refractivity contribution is 0.278. The average Bonchev–Trinajstić information content (AvgIpc) is 2.40. The molecule has 0 heterocycles. The molecule has 1 saturated carbocycles. The summed E-state index contributed by atoms with van der Waals surface area (Å²) < 4.78 is 26.8. The third-order valence-electron chi connectivity index (χ3n) is 4.32. The van der Waals surface area contributed by atoms with Crippen LogP contribution in [0.3, 0.4) is 0 Å². The summed E-state index contributed by atoms with van der Waals surface area (Å²) in [5.74, 6) is 1.51. The van der Waals surface area contributed by atoms with Gasteiger partial charge in [-0.2, -0.15) is 0 Å². The van der Waals surface area contributed by atoms with Crippen molar-refractivity contribution in [1.82, 2.24) is 4.72 Å². The third-order valence-corrected chi connectivity index (χ3v) is 5.68. The van der Waals surface area contributed by atoms with Gasteiger partial charge in [-0.25, -0.2) is 13.1 Å². The second kappa shape index (κ2) is 7.27. The van der Waals surface area contributed by atoms with Crippen molar-refractivity contribution in [3.63, 3.8) is 0 Å². The van der Waals surface area contributed by atoms with Crippen LogP contribution in [-0.4, -0.2) is 15.0 Å². The van der Waals surface area contributed by atoms with Crippen molar-refractivity contribution in [2.75, 3.05) is 12.3 Å². The molecule has 0 amide bonds. The molecule has 1 fully saturated rings. The van der Waals surface area contributed by atoms with Crippen LogP contribution in [0.5, 0.6) is 0 Å². The molecule has 1 aliphatic rings. The molecule has 0 aromatic heterocycles. The smallest absolute Gasteiger partial charge is 0.215 e. The van der Waals surface area contributed by atoms with E-state index in [2.05, 4.69) is 11.6 Å². The summed E-state index contributed by atoms with van der Waals surface area (Å²) in [6, 6.07) is 7.04. The Labute approximate surface area is 128 Å². The first-order chi connectivity index (χ1) is 9.94. The maximum absolute atomic E-state index is 12.1. The molecule has 2 rings (SSSR count). The minimum atomic E-state index is -3.27. The molecule has 3 N–H and O–H groups in total. The molecule has 0 aliphatic heterocycles. The fourth-order valence-corrected chi connectivity index (χ4v) is 4.14. The zero-order valence-corrected chi connectivity index (χ0v) is 13.5. The minimum Gasteiger partial charge on any atom is -0.399 e. The van der Waals surface area contributed by atoms with Crippen LogP contribution in [-0.2, 0) is 15.8 Å². The summed E-state index contributed by atoms with van der Waals surface area (Å²) in [6.07, 6.45) is 5.97. The molecule has 4 nitrogen and oxygen atoms in total. The van der Waals surface area contributed by atoms with Crippen molar-refractivity contribution in [2.24, 2.45) is 11.8 Å². The van der Waals surface area contributed by atoms with Crippen molar-refractivity contribution in [3.05, 3.63) is 29.8 Å². The van der Waals surface area contributed by atoms with Gasteiger partial charge in [0, 0.05) is 12.2 Å². The van der Waals surface area contributed by atoms with Crippen LogP contribution in [0.25, 0.3) is 0 Å². The highest BCUT2D eigenvalue weighted by molar-refractivity contribution is 7.88. The molecule has 0 atom stereocenters. The highest BCUT2D eigenvalue weighted by atomic mass is 32.2. The van der Waals surface area contributed by atoms with E-state index in [0.29, 0.717) is 18.2 Å². The number of nitrogens with one attached hydrogen (secondary N) is 1. The van der Waals surface area contributed by atoms with Gasteiger partial charge in [0.25, 0.3) is 0 Å². The Hall–Kier alpha value is -1.07. The molecule has 0 unspecified atom stereocenters. The average molecular weight is 310 g/mol. The van der Waals surface area contributed by atoms with Crippen LogP contribution in [0.15, 0.2) is 24.3 Å². The Kier molecular flexibility index (Phi) is 5.65. The second-order valence-electron chi connectivity index (χ2n) is 6.31. The van der Waals surface area contributed by atoms with Gasteiger partial charge in [0.2, 0.25) is 10.0 Å². The number of rotatable bonds is 6. The summed E-state index contributed by atoms with van der Waals surface area (Å²) in [7, 11) is -3.27. The predicted molar refractivity (Wildman–Crippen MR) is 87.2 cm³/mol. The van der Waals surface area contributed by atoms with E-state index in [9.17, 15) is 8.42 Å². The van der Waals surface area contributed by atoms with Gasteiger partial charge in [-0.1, -0.05) is 44.7 Å². The Morgan fingerprint density at radius 2 is 1.95 bits per heavy atom. The second-order valence-corrected chi connectivity index (χ2v) is 8.12. The molecular weight excluding hydrogens is 284 g/mol. The van der Waals surface area contributed by atoms with Crippen molar-refractivity contribution in [2.45, 2.75) is 44.8 Å². The number of hydrogen-bond donors (Lipinski definition) is 2. The Morgan fingerprint density at radius 1 is 1.24 bits per heavy atom. The Balaban J connectivity index is 1.76. The van der Waals surface area contributed by atoms with Gasteiger partial charge in [-0.15, -0.1) is 0 Å². The molecule has 1 aliphatic carbocycles. The first-order valence-electron chi connectivity index (χ1n) is 7.76. The van der Waals surface area contributed by atoms with E-state index in [1.807, 2.05) is 0 Å². The fourth-order valence-electron chi connectivity index (χ4n) is 2.99. The van der Waals surface area contributed by atoms with Crippen molar-refractivity contribution < 1.29 is 8.42 Å². The molecule has 1 aromatic carbocycles. The number of benzene rings is 1. The lowest BCUT2D eigenvalue weighted by Crippen LogP contribution is -2.28. The van der Waals surface area contributed by atoms with Crippen molar-refractivity contribution in [1.29, 1.82) is 0 Å². The maximum atomic E-state index is 12.1. The molecule has 0 spiro atoms. The summed E-state index contributed by atoms with van der Waals surface area (Å²) in [5, 5.41) is 0. The zero-order valence-electron chi connectivity index (χ0n) is 12.7. The van der Waals surface area contributed by atoms with E-state index < -0.39 is 10.0 Å². The minimum absolute atomic E-state index is 0.000257. The SMILES string of the molecule is CC1CCC(CCNS(=O)(=O)Cc2cccc(N)c2)CC1. The molecular formula is C16H26N2O2S. The quantitative estimate of drug-likeness (QED) is 0.794. The Morgan fingerprint density at radius 3 is 2.62 bits per heavy atom. The summed E-state index contributed by atoms with van der Waals surface area (Å²) in [4.78, 5) is 0. The maximum Gasteiger partial charge on any atom is 0.215 e. The highest BCUT2D eigenvalue weighted by Crippen LogP contribution is 2.29. The molecule has 118 valence electrons. The van der Waals surface area contributed by atoms with Crippen LogP contribution in [0.4, 0.5) is 5.69 Å². The van der Waals surface area contributed by atoms with E-state index in [-0.39, 0.29) is 5.75 Å². The molecule has 0 radical (unpaired) electrons. The number of sulfonamides is 1. The van der Waals surface area contributed by atoms with E-state index in [1.165, 1.54) is 25.7 Å². The molecule has 1 aromatic rings. The summed E-state index contributed by atoms with van der Waals surface area (Å²) >= 11 is 0. The Bertz CT molecular complexity index is 549. The number of anilines is 1. The van der Waals surface area contributed by atoms with Crippen LogP contribution in [0, 0.1) is 11.8 Å². The van der Waals surface area contributed by atoms with Gasteiger partial charge in [0.05, 0.1) is 5.75 Å². The number of nitrogens with two attached hydrogens (primary N) is 1. The van der Waals surface area contributed by atoms with Gasteiger partial charge >= 0.3 is 0 Å². The summed E-state index contributed by atoms with van der Waals surface area (Å²) in [6.45, 7) is 2.84. The fraction of sp³-hybridized carbons (Fsp3) is 0.625. The largest absolute Gasteiger partial charge is 0.399 e. The van der Waals surface area contributed by atoms with E-state index in [1.54, 1.807) is 24.3 Å².